The van der Waals surface area contributed by atoms with Crippen LogP contribution in [-0.2, 0) is 0 Å². The molecule has 5 nitrogen and oxygen atoms in total. The van der Waals surface area contributed by atoms with E-state index >= 15 is 0 Å². The highest BCUT2D eigenvalue weighted by molar-refractivity contribution is 6.00. The third kappa shape index (κ3) is 3.28. The van der Waals surface area contributed by atoms with E-state index in [1.807, 2.05) is 6.07 Å². The van der Waals surface area contributed by atoms with Crippen LogP contribution in [0.25, 0.3) is 0 Å². The number of carbonyl (C=O) groups excluding carboxylic acids is 2. The quantitative estimate of drug-likeness (QED) is 0.488. The van der Waals surface area contributed by atoms with Crippen LogP contribution >= 0.6 is 0 Å². The summed E-state index contributed by atoms with van der Waals surface area (Å²) in [6.07, 6.45) is 0. The van der Waals surface area contributed by atoms with E-state index in [9.17, 15) is 14.9 Å². The summed E-state index contributed by atoms with van der Waals surface area (Å²) in [5, 5.41) is 9.42. The summed E-state index contributed by atoms with van der Waals surface area (Å²) in [4.78, 5) is 24.3. The van der Waals surface area contributed by atoms with Crippen molar-refractivity contribution in [3.8, 4) is 17.6 Å². The molecule has 5 heteroatoms. The fourth-order valence-electron chi connectivity index (χ4n) is 2.30. The first-order valence-corrected chi connectivity index (χ1v) is 7.30. The minimum Gasteiger partial charge on any atom is -0.497 e. The lowest BCUT2D eigenvalue weighted by molar-refractivity contribution is 0.0732. The number of aryl methyl sites for hydroxylation is 1. The molecule has 0 aliphatic carbocycles. The summed E-state index contributed by atoms with van der Waals surface area (Å²) in [6.45, 7) is 4.92. The van der Waals surface area contributed by atoms with Gasteiger partial charge in [0.25, 0.3) is 0 Å². The van der Waals surface area contributed by atoms with Gasteiger partial charge in [-0.3, -0.25) is 4.79 Å². The van der Waals surface area contributed by atoms with Crippen LogP contribution in [-0.4, -0.2) is 18.9 Å². The van der Waals surface area contributed by atoms with Crippen molar-refractivity contribution in [2.24, 2.45) is 0 Å². The third-order valence-electron chi connectivity index (χ3n) is 3.79. The number of hydrogen-bond acceptors (Lipinski definition) is 5. The van der Waals surface area contributed by atoms with Crippen LogP contribution in [0.2, 0.25) is 0 Å². The van der Waals surface area contributed by atoms with Crippen molar-refractivity contribution in [2.45, 2.75) is 20.8 Å². The van der Waals surface area contributed by atoms with Crippen LogP contribution in [0.15, 0.2) is 30.3 Å². The van der Waals surface area contributed by atoms with Crippen molar-refractivity contribution in [3.63, 3.8) is 0 Å². The monoisotopic (exact) mass is 323 g/mol. The minimum absolute atomic E-state index is 0.000852. The van der Waals surface area contributed by atoms with Crippen LogP contribution in [0.4, 0.5) is 0 Å². The summed E-state index contributed by atoms with van der Waals surface area (Å²) >= 11 is 0. The number of methoxy groups -OCH3 is 1. The molecular formula is C19H17NO4. The fraction of sp³-hybridized carbons (Fsp3) is 0.211. The van der Waals surface area contributed by atoms with E-state index in [4.69, 9.17) is 9.47 Å². The lowest BCUT2D eigenvalue weighted by Gasteiger charge is -2.14. The third-order valence-corrected chi connectivity index (χ3v) is 3.79. The van der Waals surface area contributed by atoms with Crippen LogP contribution in [0.1, 0.15) is 44.3 Å². The highest BCUT2D eigenvalue weighted by Crippen LogP contribution is 2.30. The van der Waals surface area contributed by atoms with Crippen molar-refractivity contribution in [1.82, 2.24) is 0 Å². The SMILES string of the molecule is COc1cccc(C(=O)Oc2c(C(C)=O)cc(C)c(C)c2C#N)c1. The van der Waals surface area contributed by atoms with Crippen molar-refractivity contribution in [1.29, 1.82) is 5.26 Å². The zero-order chi connectivity index (χ0) is 17.9. The normalized spacial score (nSPS) is 9.96. The number of benzene rings is 2. The zero-order valence-corrected chi connectivity index (χ0v) is 14.0. The molecule has 0 saturated heterocycles. The van der Waals surface area contributed by atoms with E-state index in [1.54, 1.807) is 38.1 Å². The van der Waals surface area contributed by atoms with Gasteiger partial charge in [0.1, 0.15) is 11.8 Å². The van der Waals surface area contributed by atoms with Gasteiger partial charge in [-0.25, -0.2) is 4.79 Å². The number of carbonyl (C=O) groups is 2. The van der Waals surface area contributed by atoms with Gasteiger partial charge in [0, 0.05) is 0 Å². The lowest BCUT2D eigenvalue weighted by atomic mass is 9.97. The van der Waals surface area contributed by atoms with Crippen LogP contribution < -0.4 is 9.47 Å². The molecule has 0 bridgehead atoms. The second kappa shape index (κ2) is 6.97. The highest BCUT2D eigenvalue weighted by Gasteiger charge is 2.21. The van der Waals surface area contributed by atoms with Gasteiger partial charge in [0.05, 0.1) is 23.8 Å². The Kier molecular flexibility index (Phi) is 5.00. The van der Waals surface area contributed by atoms with Gasteiger partial charge in [0.2, 0.25) is 0 Å². The largest absolute Gasteiger partial charge is 0.497 e. The molecule has 0 saturated carbocycles. The fourth-order valence-corrected chi connectivity index (χ4v) is 2.30. The predicted molar refractivity (Wildman–Crippen MR) is 88.6 cm³/mol. The van der Waals surface area contributed by atoms with E-state index in [-0.39, 0.29) is 28.2 Å². The number of Topliss-reactive ketones (excluding diaryl/α,β-unsaturated/α-hetero) is 1. The van der Waals surface area contributed by atoms with E-state index in [2.05, 4.69) is 0 Å². The maximum absolute atomic E-state index is 12.4. The smallest absolute Gasteiger partial charge is 0.343 e. The van der Waals surface area contributed by atoms with Gasteiger partial charge in [-0.15, -0.1) is 0 Å². The van der Waals surface area contributed by atoms with Gasteiger partial charge in [-0.2, -0.15) is 5.26 Å². The van der Waals surface area contributed by atoms with Crippen molar-refractivity contribution < 1.29 is 19.1 Å². The average Bonchev–Trinajstić information content (AvgIpc) is 2.57. The van der Waals surface area contributed by atoms with Crippen molar-refractivity contribution >= 4 is 11.8 Å². The van der Waals surface area contributed by atoms with Crippen molar-refractivity contribution in [3.05, 3.63) is 58.1 Å². The Hall–Kier alpha value is -3.13. The number of nitrogens with zero attached hydrogens (tertiary/aromatic N) is 1. The Morgan fingerprint density at radius 1 is 1.17 bits per heavy atom. The van der Waals surface area contributed by atoms with E-state index in [0.717, 1.165) is 5.56 Å². The first kappa shape index (κ1) is 17.2. The van der Waals surface area contributed by atoms with E-state index in [0.29, 0.717) is 11.3 Å². The maximum Gasteiger partial charge on any atom is 0.343 e. The standard InChI is InChI=1S/C19H17NO4/c1-11-8-16(13(3)21)18(17(10-20)12(11)2)24-19(22)14-6-5-7-15(9-14)23-4/h5-9H,1-4H3. The second-order valence-electron chi connectivity index (χ2n) is 5.36. The van der Waals surface area contributed by atoms with Gasteiger partial charge >= 0.3 is 5.97 Å². The molecule has 0 unspecified atom stereocenters. The molecule has 0 heterocycles. The van der Waals surface area contributed by atoms with Crippen molar-refractivity contribution in [2.75, 3.05) is 7.11 Å². The Morgan fingerprint density at radius 3 is 2.46 bits per heavy atom. The molecule has 0 aliphatic heterocycles. The highest BCUT2D eigenvalue weighted by atomic mass is 16.5. The van der Waals surface area contributed by atoms with E-state index < -0.39 is 5.97 Å². The molecule has 0 aromatic heterocycles. The number of hydrogen-bond donors (Lipinski definition) is 0. The Morgan fingerprint density at radius 2 is 1.88 bits per heavy atom. The molecule has 0 amide bonds. The Labute approximate surface area is 140 Å². The van der Waals surface area contributed by atoms with E-state index in [1.165, 1.54) is 20.1 Å². The number of ketones is 1. The van der Waals surface area contributed by atoms with Crippen LogP contribution in [0.3, 0.4) is 0 Å². The second-order valence-corrected chi connectivity index (χ2v) is 5.36. The zero-order valence-electron chi connectivity index (χ0n) is 14.0. The minimum atomic E-state index is -0.656. The Balaban J connectivity index is 2.52. The number of esters is 1. The van der Waals surface area contributed by atoms with Gasteiger partial charge in [-0.05, 0) is 56.2 Å². The molecule has 0 fully saturated rings. The molecule has 2 aromatic carbocycles. The molecule has 0 atom stereocenters. The summed E-state index contributed by atoms with van der Waals surface area (Å²) < 4.78 is 10.5. The number of nitriles is 1. The lowest BCUT2D eigenvalue weighted by Crippen LogP contribution is -2.13. The van der Waals surface area contributed by atoms with Crippen LogP contribution in [0.5, 0.6) is 11.5 Å². The number of rotatable bonds is 4. The molecule has 0 spiro atoms. The molecule has 2 aromatic rings. The molecule has 0 N–H and O–H groups in total. The Bertz CT molecular complexity index is 862. The molecule has 122 valence electrons. The summed E-state index contributed by atoms with van der Waals surface area (Å²) in [7, 11) is 1.50. The van der Waals surface area contributed by atoms with Gasteiger partial charge in [0.15, 0.2) is 11.5 Å². The van der Waals surface area contributed by atoms with Gasteiger partial charge < -0.3 is 9.47 Å². The first-order chi connectivity index (χ1) is 11.4. The topological polar surface area (TPSA) is 76.4 Å². The summed E-state index contributed by atoms with van der Waals surface area (Å²) in [6, 6.07) is 10.1. The molecule has 0 radical (unpaired) electrons. The van der Waals surface area contributed by atoms with Crippen LogP contribution in [0, 0.1) is 25.2 Å². The first-order valence-electron chi connectivity index (χ1n) is 7.30. The molecule has 2 rings (SSSR count). The summed E-state index contributed by atoms with van der Waals surface area (Å²) in [5.41, 5.74) is 2.14. The molecular weight excluding hydrogens is 306 g/mol. The molecule has 0 aliphatic rings. The molecule has 24 heavy (non-hydrogen) atoms. The summed E-state index contributed by atoms with van der Waals surface area (Å²) in [5.74, 6) is -0.419. The maximum atomic E-state index is 12.4. The number of ether oxygens (including phenoxy) is 2. The average molecular weight is 323 g/mol. The predicted octanol–water partition coefficient (Wildman–Crippen LogP) is 3.61. The van der Waals surface area contributed by atoms with Gasteiger partial charge in [-0.1, -0.05) is 6.07 Å².